The highest BCUT2D eigenvalue weighted by Crippen LogP contribution is 2.32. The number of carbonyl (C=O) groups is 2. The predicted molar refractivity (Wildman–Crippen MR) is 82.8 cm³/mol. The molecule has 0 aliphatic carbocycles. The van der Waals surface area contributed by atoms with Crippen LogP contribution in [0.5, 0.6) is 0 Å². The van der Waals surface area contributed by atoms with Gasteiger partial charge in [0.05, 0.1) is 19.1 Å². The van der Waals surface area contributed by atoms with Gasteiger partial charge in [0.25, 0.3) is 0 Å². The molecule has 0 fully saturated rings. The van der Waals surface area contributed by atoms with Gasteiger partial charge in [0.1, 0.15) is 0 Å². The highest BCUT2D eigenvalue weighted by atomic mass is 35.5. The van der Waals surface area contributed by atoms with Crippen LogP contribution >= 0.6 is 11.6 Å². The van der Waals surface area contributed by atoms with E-state index in [4.69, 9.17) is 21.1 Å². The third-order valence-electron chi connectivity index (χ3n) is 3.13. The van der Waals surface area contributed by atoms with Gasteiger partial charge in [-0.25, -0.2) is 0 Å². The third-order valence-corrected chi connectivity index (χ3v) is 3.48. The first-order valence-corrected chi connectivity index (χ1v) is 7.49. The van der Waals surface area contributed by atoms with Crippen LogP contribution in [-0.4, -0.2) is 36.6 Å². The first-order valence-electron chi connectivity index (χ1n) is 7.11. The molecule has 1 aromatic rings. The molecule has 0 aliphatic rings. The summed E-state index contributed by atoms with van der Waals surface area (Å²) in [5, 5.41) is 11.3. The zero-order valence-electron chi connectivity index (χ0n) is 12.9. The summed E-state index contributed by atoms with van der Waals surface area (Å²) in [5.74, 6) is -4.24. The fraction of sp³-hybridized carbons (Fsp3) is 0.467. The lowest BCUT2D eigenvalue weighted by Crippen LogP contribution is -2.36. The minimum Gasteiger partial charge on any atom is -0.465 e. The Morgan fingerprint density at radius 3 is 2.13 bits per heavy atom. The number of esters is 2. The third kappa shape index (κ3) is 5.21. The maximum atomic E-state index is 12.2. The van der Waals surface area contributed by atoms with Crippen LogP contribution < -0.4 is 0 Å². The SMILES string of the molecule is CCOC(=O)C(C(=O)OCC)C(C[N+](=O)[O-])c1ccccc1Cl. The Labute approximate surface area is 138 Å². The van der Waals surface area contributed by atoms with E-state index in [1.807, 2.05) is 0 Å². The van der Waals surface area contributed by atoms with Crippen LogP contribution in [0, 0.1) is 16.0 Å². The highest BCUT2D eigenvalue weighted by molar-refractivity contribution is 6.31. The van der Waals surface area contributed by atoms with Crippen LogP contribution in [-0.2, 0) is 19.1 Å². The minimum absolute atomic E-state index is 0.0441. The van der Waals surface area contributed by atoms with Crippen molar-refractivity contribution in [2.45, 2.75) is 19.8 Å². The fourth-order valence-corrected chi connectivity index (χ4v) is 2.48. The van der Waals surface area contributed by atoms with Gasteiger partial charge in [-0.05, 0) is 25.5 Å². The lowest BCUT2D eigenvalue weighted by atomic mass is 9.85. The molecule has 8 heteroatoms. The van der Waals surface area contributed by atoms with Crippen LogP contribution in [0.2, 0.25) is 5.02 Å². The zero-order valence-corrected chi connectivity index (χ0v) is 13.6. The topological polar surface area (TPSA) is 95.7 Å². The Morgan fingerprint density at radius 1 is 1.17 bits per heavy atom. The molecule has 0 saturated carbocycles. The molecule has 0 amide bonds. The molecule has 0 heterocycles. The van der Waals surface area contributed by atoms with Crippen molar-refractivity contribution in [3.63, 3.8) is 0 Å². The first-order chi connectivity index (χ1) is 10.9. The largest absolute Gasteiger partial charge is 0.465 e. The second kappa shape index (κ2) is 9.09. The second-order valence-electron chi connectivity index (χ2n) is 4.63. The second-order valence-corrected chi connectivity index (χ2v) is 5.03. The highest BCUT2D eigenvalue weighted by Gasteiger charge is 2.42. The van der Waals surface area contributed by atoms with Crippen molar-refractivity contribution >= 4 is 23.5 Å². The quantitative estimate of drug-likeness (QED) is 0.311. The summed E-state index contributed by atoms with van der Waals surface area (Å²) >= 11 is 6.08. The van der Waals surface area contributed by atoms with Gasteiger partial charge >= 0.3 is 11.9 Å². The van der Waals surface area contributed by atoms with Gasteiger partial charge in [-0.2, -0.15) is 0 Å². The molecule has 0 bridgehead atoms. The molecule has 7 nitrogen and oxygen atoms in total. The van der Waals surface area contributed by atoms with E-state index in [0.29, 0.717) is 5.56 Å². The fourth-order valence-electron chi connectivity index (χ4n) is 2.21. The number of ether oxygens (including phenoxy) is 2. The average Bonchev–Trinajstić information content (AvgIpc) is 2.47. The van der Waals surface area contributed by atoms with Gasteiger partial charge in [-0.15, -0.1) is 0 Å². The minimum atomic E-state index is -1.44. The number of benzene rings is 1. The number of carbonyl (C=O) groups excluding carboxylic acids is 2. The Balaban J connectivity index is 3.31. The molecule has 1 atom stereocenters. The molecule has 1 unspecified atom stereocenters. The van der Waals surface area contributed by atoms with Gasteiger partial charge < -0.3 is 9.47 Å². The Hall–Kier alpha value is -2.15. The monoisotopic (exact) mass is 343 g/mol. The summed E-state index contributed by atoms with van der Waals surface area (Å²) < 4.78 is 9.78. The van der Waals surface area contributed by atoms with Crippen molar-refractivity contribution in [1.82, 2.24) is 0 Å². The van der Waals surface area contributed by atoms with E-state index in [0.717, 1.165) is 0 Å². The summed E-state index contributed by atoms with van der Waals surface area (Å²) in [5.41, 5.74) is 0.331. The summed E-state index contributed by atoms with van der Waals surface area (Å²) in [6.45, 7) is 2.60. The van der Waals surface area contributed by atoms with Crippen molar-refractivity contribution in [2.24, 2.45) is 5.92 Å². The number of nitro groups is 1. The smallest absolute Gasteiger partial charge is 0.321 e. The van der Waals surface area contributed by atoms with Gasteiger partial charge in [0.2, 0.25) is 6.54 Å². The zero-order chi connectivity index (χ0) is 17.4. The van der Waals surface area contributed by atoms with Gasteiger partial charge in [0.15, 0.2) is 5.92 Å². The molecular formula is C15H18ClNO6. The van der Waals surface area contributed by atoms with E-state index in [9.17, 15) is 19.7 Å². The Kier molecular flexibility index (Phi) is 7.47. The molecule has 0 aliphatic heterocycles. The summed E-state index contributed by atoms with van der Waals surface area (Å²) in [4.78, 5) is 34.8. The molecule has 126 valence electrons. The molecular weight excluding hydrogens is 326 g/mol. The van der Waals surface area contributed by atoms with E-state index in [1.54, 1.807) is 32.0 Å². The molecule has 0 N–H and O–H groups in total. The number of hydrogen-bond donors (Lipinski definition) is 0. The van der Waals surface area contributed by atoms with E-state index in [1.165, 1.54) is 6.07 Å². The van der Waals surface area contributed by atoms with Crippen LogP contribution in [0.1, 0.15) is 25.3 Å². The van der Waals surface area contributed by atoms with E-state index < -0.39 is 35.2 Å². The molecule has 0 spiro atoms. The number of nitrogens with zero attached hydrogens (tertiary/aromatic N) is 1. The Morgan fingerprint density at radius 2 is 1.70 bits per heavy atom. The lowest BCUT2D eigenvalue weighted by molar-refractivity contribution is -0.484. The molecule has 0 saturated heterocycles. The van der Waals surface area contributed by atoms with Crippen LogP contribution in [0.15, 0.2) is 24.3 Å². The van der Waals surface area contributed by atoms with Crippen LogP contribution in [0.3, 0.4) is 0 Å². The standard InChI is InChI=1S/C15H18ClNO6/c1-3-22-14(18)13(15(19)23-4-2)11(9-17(20)21)10-7-5-6-8-12(10)16/h5-8,11,13H,3-4,9H2,1-2H3. The van der Waals surface area contributed by atoms with E-state index >= 15 is 0 Å². The van der Waals surface area contributed by atoms with Gasteiger partial charge in [-0.1, -0.05) is 29.8 Å². The molecule has 23 heavy (non-hydrogen) atoms. The normalized spacial score (nSPS) is 11.8. The van der Waals surface area contributed by atoms with Crippen LogP contribution in [0.4, 0.5) is 0 Å². The van der Waals surface area contributed by atoms with Crippen molar-refractivity contribution in [1.29, 1.82) is 0 Å². The Bertz CT molecular complexity index is 559. The number of hydrogen-bond acceptors (Lipinski definition) is 6. The summed E-state index contributed by atoms with van der Waals surface area (Å²) in [6, 6.07) is 6.36. The van der Waals surface area contributed by atoms with E-state index in [-0.39, 0.29) is 18.2 Å². The molecule has 0 aromatic heterocycles. The van der Waals surface area contributed by atoms with E-state index in [2.05, 4.69) is 0 Å². The van der Waals surface area contributed by atoms with Crippen molar-refractivity contribution in [3.05, 3.63) is 45.0 Å². The molecule has 1 aromatic carbocycles. The van der Waals surface area contributed by atoms with Gasteiger partial charge in [-0.3, -0.25) is 19.7 Å². The maximum absolute atomic E-state index is 12.2. The number of rotatable bonds is 8. The van der Waals surface area contributed by atoms with Crippen molar-refractivity contribution < 1.29 is 24.0 Å². The average molecular weight is 344 g/mol. The van der Waals surface area contributed by atoms with Crippen molar-refractivity contribution in [3.8, 4) is 0 Å². The lowest BCUT2D eigenvalue weighted by Gasteiger charge is -2.22. The van der Waals surface area contributed by atoms with Crippen molar-refractivity contribution in [2.75, 3.05) is 19.8 Å². The molecule has 0 radical (unpaired) electrons. The van der Waals surface area contributed by atoms with Crippen LogP contribution in [0.25, 0.3) is 0 Å². The first kappa shape index (κ1) is 18.9. The number of halogens is 1. The maximum Gasteiger partial charge on any atom is 0.321 e. The van der Waals surface area contributed by atoms with Gasteiger partial charge in [0, 0.05) is 9.95 Å². The summed E-state index contributed by atoms with van der Waals surface area (Å²) in [7, 11) is 0. The summed E-state index contributed by atoms with van der Waals surface area (Å²) in [6.07, 6.45) is 0. The molecule has 1 rings (SSSR count). The predicted octanol–water partition coefficient (Wildman–Crippen LogP) is 2.44.